The third-order valence-corrected chi connectivity index (χ3v) is 7.24. The molecular formula is C30H31F3N6O4. The Balaban J connectivity index is 1.42. The number of aryl methyl sites for hydroxylation is 1. The molecule has 0 radical (unpaired) electrons. The van der Waals surface area contributed by atoms with Crippen LogP contribution in [-0.4, -0.2) is 74.1 Å². The number of piperidine rings is 1. The standard InChI is InChI=1S/C30H31F3N6O4/c1-17-13-19(16-39(15-17)29(41)42)37-28-35-12-10-24(38-28)22-6-4-11-34-27(22)43-26-18(2)8-9-20-21(26)5-3-7-23(20)36-14-25(40)30(31,32)33/h3-12,17,19,25,36,40H,13-16H2,1-2H3,(H,41,42)(H,35,37,38)/t17?,19?,25-/m0/s1. The van der Waals surface area contributed by atoms with E-state index in [1.54, 1.807) is 60.9 Å². The number of pyridine rings is 1. The number of aliphatic hydroxyl groups is 1. The van der Waals surface area contributed by atoms with E-state index in [0.29, 0.717) is 52.5 Å². The van der Waals surface area contributed by atoms with Crippen molar-refractivity contribution >= 4 is 28.5 Å². The van der Waals surface area contributed by atoms with Gasteiger partial charge in [0.1, 0.15) is 5.75 Å². The molecule has 1 fully saturated rings. The highest BCUT2D eigenvalue weighted by molar-refractivity contribution is 5.98. The molecule has 3 atom stereocenters. The second-order valence-corrected chi connectivity index (χ2v) is 10.6. The lowest BCUT2D eigenvalue weighted by Crippen LogP contribution is -2.47. The van der Waals surface area contributed by atoms with Crippen molar-refractivity contribution in [2.75, 3.05) is 30.3 Å². The number of rotatable bonds is 8. The predicted octanol–water partition coefficient (Wildman–Crippen LogP) is 5.93. The molecule has 5 rings (SSSR count). The van der Waals surface area contributed by atoms with Gasteiger partial charge in [-0.15, -0.1) is 0 Å². The lowest BCUT2D eigenvalue weighted by Gasteiger charge is -2.35. The summed E-state index contributed by atoms with van der Waals surface area (Å²) < 4.78 is 44.9. The number of fused-ring (bicyclic) bond motifs is 1. The maximum absolute atomic E-state index is 12.9. The van der Waals surface area contributed by atoms with Crippen LogP contribution >= 0.6 is 0 Å². The van der Waals surface area contributed by atoms with E-state index in [1.165, 1.54) is 4.90 Å². The first-order valence-corrected chi connectivity index (χ1v) is 13.7. The summed E-state index contributed by atoms with van der Waals surface area (Å²) in [6, 6.07) is 13.8. The van der Waals surface area contributed by atoms with E-state index in [1.807, 2.05) is 13.8 Å². The fourth-order valence-corrected chi connectivity index (χ4v) is 5.19. The Morgan fingerprint density at radius 1 is 1.09 bits per heavy atom. The molecule has 13 heteroatoms. The Hall–Kier alpha value is -4.65. The van der Waals surface area contributed by atoms with Crippen LogP contribution in [0.15, 0.2) is 60.9 Å². The number of halogens is 3. The summed E-state index contributed by atoms with van der Waals surface area (Å²) in [6.45, 7) is 3.95. The van der Waals surface area contributed by atoms with Crippen molar-refractivity contribution in [2.45, 2.75) is 38.6 Å². The van der Waals surface area contributed by atoms with E-state index in [0.717, 1.165) is 12.0 Å². The van der Waals surface area contributed by atoms with Crippen LogP contribution in [0, 0.1) is 12.8 Å². The number of alkyl halides is 3. The van der Waals surface area contributed by atoms with Gasteiger partial charge in [-0.05, 0) is 49.1 Å². The minimum absolute atomic E-state index is 0.155. The van der Waals surface area contributed by atoms with Gasteiger partial charge in [-0.3, -0.25) is 0 Å². The van der Waals surface area contributed by atoms with Gasteiger partial charge in [0, 0.05) is 54.5 Å². The van der Waals surface area contributed by atoms with E-state index < -0.39 is 24.9 Å². The molecule has 1 amide bonds. The van der Waals surface area contributed by atoms with Crippen molar-refractivity contribution in [2.24, 2.45) is 5.92 Å². The number of amides is 1. The number of likely N-dealkylation sites (tertiary alicyclic amines) is 1. The van der Waals surface area contributed by atoms with E-state index in [-0.39, 0.29) is 17.8 Å². The second kappa shape index (κ2) is 12.3. The Labute approximate surface area is 245 Å². The molecule has 0 aliphatic carbocycles. The average molecular weight is 597 g/mol. The van der Waals surface area contributed by atoms with Crippen molar-refractivity contribution in [3.63, 3.8) is 0 Å². The van der Waals surface area contributed by atoms with Gasteiger partial charge in [0.2, 0.25) is 11.8 Å². The Morgan fingerprint density at radius 2 is 1.91 bits per heavy atom. The SMILES string of the molecule is Cc1ccc2c(NC[C@H](O)C(F)(F)F)cccc2c1Oc1ncccc1-c1ccnc(NC2CC(C)CN(C(=O)O)C2)n1. The summed E-state index contributed by atoms with van der Waals surface area (Å²) in [6.07, 6.45) is -4.26. The fraction of sp³-hybridized carbons (Fsp3) is 0.333. The van der Waals surface area contributed by atoms with Gasteiger partial charge in [0.25, 0.3) is 0 Å². The zero-order chi connectivity index (χ0) is 30.7. The number of nitrogens with one attached hydrogen (secondary N) is 2. The van der Waals surface area contributed by atoms with E-state index in [9.17, 15) is 28.2 Å². The van der Waals surface area contributed by atoms with Crippen LogP contribution < -0.4 is 15.4 Å². The van der Waals surface area contributed by atoms with Gasteiger partial charge in [-0.2, -0.15) is 13.2 Å². The third-order valence-electron chi connectivity index (χ3n) is 7.24. The molecule has 2 aromatic heterocycles. The topological polar surface area (TPSA) is 133 Å². The van der Waals surface area contributed by atoms with Crippen LogP contribution in [0.4, 0.5) is 29.6 Å². The molecule has 2 aromatic carbocycles. The van der Waals surface area contributed by atoms with Crippen LogP contribution in [0.2, 0.25) is 0 Å². The van der Waals surface area contributed by atoms with Crippen molar-refractivity contribution in [3.05, 3.63) is 66.5 Å². The highest BCUT2D eigenvalue weighted by Gasteiger charge is 2.38. The molecule has 0 saturated carbocycles. The lowest BCUT2D eigenvalue weighted by molar-refractivity contribution is -0.198. The molecule has 3 heterocycles. The first-order chi connectivity index (χ1) is 20.5. The number of aliphatic hydroxyl groups excluding tert-OH is 1. The Morgan fingerprint density at radius 3 is 2.67 bits per heavy atom. The molecule has 10 nitrogen and oxygen atoms in total. The largest absolute Gasteiger partial charge is 0.465 e. The highest BCUT2D eigenvalue weighted by Crippen LogP contribution is 2.38. The number of nitrogens with zero attached hydrogens (tertiary/aromatic N) is 4. The average Bonchev–Trinajstić information content (AvgIpc) is 2.96. The number of carbonyl (C=O) groups is 1. The van der Waals surface area contributed by atoms with Crippen molar-refractivity contribution in [3.8, 4) is 22.9 Å². The minimum atomic E-state index is -4.73. The van der Waals surface area contributed by atoms with Gasteiger partial charge in [0.15, 0.2) is 6.10 Å². The Kier molecular flexibility index (Phi) is 8.53. The number of ether oxygens (including phenoxy) is 1. The van der Waals surface area contributed by atoms with E-state index in [2.05, 4.69) is 25.6 Å². The first kappa shape index (κ1) is 29.8. The van der Waals surface area contributed by atoms with Crippen LogP contribution in [0.5, 0.6) is 11.6 Å². The normalized spacial score (nSPS) is 17.9. The highest BCUT2D eigenvalue weighted by atomic mass is 19.4. The maximum Gasteiger partial charge on any atom is 0.416 e. The number of aromatic nitrogens is 3. The summed E-state index contributed by atoms with van der Waals surface area (Å²) in [4.78, 5) is 26.4. The zero-order valence-electron chi connectivity index (χ0n) is 23.5. The van der Waals surface area contributed by atoms with Crippen molar-refractivity contribution in [1.82, 2.24) is 19.9 Å². The summed E-state index contributed by atoms with van der Waals surface area (Å²) in [7, 11) is 0. The summed E-state index contributed by atoms with van der Waals surface area (Å²) in [5, 5.41) is 26.1. The lowest BCUT2D eigenvalue weighted by atomic mass is 9.96. The maximum atomic E-state index is 12.9. The van der Waals surface area contributed by atoms with Crippen molar-refractivity contribution in [1.29, 1.82) is 0 Å². The summed E-state index contributed by atoms with van der Waals surface area (Å²) >= 11 is 0. The van der Waals surface area contributed by atoms with Crippen LogP contribution in [0.25, 0.3) is 22.0 Å². The van der Waals surface area contributed by atoms with Gasteiger partial charge in [0.05, 0.1) is 11.3 Å². The fourth-order valence-electron chi connectivity index (χ4n) is 5.19. The number of benzene rings is 2. The number of hydrogen-bond acceptors (Lipinski definition) is 8. The number of carboxylic acid groups (broad SMARTS) is 1. The van der Waals surface area contributed by atoms with Gasteiger partial charge in [-0.1, -0.05) is 31.2 Å². The van der Waals surface area contributed by atoms with Crippen LogP contribution in [0.3, 0.4) is 0 Å². The molecule has 2 unspecified atom stereocenters. The van der Waals surface area contributed by atoms with Crippen LogP contribution in [0.1, 0.15) is 18.9 Å². The predicted molar refractivity (Wildman–Crippen MR) is 155 cm³/mol. The van der Waals surface area contributed by atoms with Gasteiger partial charge in [-0.25, -0.2) is 19.7 Å². The summed E-state index contributed by atoms with van der Waals surface area (Å²) in [5.74, 6) is 1.25. The van der Waals surface area contributed by atoms with Gasteiger partial charge >= 0.3 is 12.3 Å². The quantitative estimate of drug-likeness (QED) is 0.195. The van der Waals surface area contributed by atoms with Gasteiger partial charge < -0.3 is 30.5 Å². The number of hydrogen-bond donors (Lipinski definition) is 4. The van der Waals surface area contributed by atoms with E-state index >= 15 is 0 Å². The zero-order valence-corrected chi connectivity index (χ0v) is 23.5. The second-order valence-electron chi connectivity index (χ2n) is 10.6. The number of anilines is 2. The molecule has 1 aliphatic rings. The molecular weight excluding hydrogens is 565 g/mol. The van der Waals surface area contributed by atoms with Crippen molar-refractivity contribution < 1.29 is 32.9 Å². The molecule has 226 valence electrons. The molecule has 0 bridgehead atoms. The molecule has 4 aromatic rings. The third kappa shape index (κ3) is 6.88. The molecule has 1 saturated heterocycles. The molecule has 0 spiro atoms. The Bertz CT molecular complexity index is 1620. The molecule has 43 heavy (non-hydrogen) atoms. The first-order valence-electron chi connectivity index (χ1n) is 13.7. The van der Waals surface area contributed by atoms with Crippen LogP contribution in [-0.2, 0) is 0 Å². The summed E-state index contributed by atoms with van der Waals surface area (Å²) in [5.41, 5.74) is 2.30. The monoisotopic (exact) mass is 596 g/mol. The smallest absolute Gasteiger partial charge is 0.416 e. The molecule has 4 N–H and O–H groups in total. The molecule has 1 aliphatic heterocycles. The minimum Gasteiger partial charge on any atom is -0.465 e. The van der Waals surface area contributed by atoms with E-state index in [4.69, 9.17) is 4.74 Å².